The Hall–Kier alpha value is -1.38. The van der Waals surface area contributed by atoms with Crippen LogP contribution in [0.4, 0.5) is 0 Å². The molecule has 96 valence electrons. The summed E-state index contributed by atoms with van der Waals surface area (Å²) in [5, 5.41) is 14.3. The van der Waals surface area contributed by atoms with E-state index in [2.05, 4.69) is 40.0 Å². The highest BCUT2D eigenvalue weighted by Gasteiger charge is 2.13. The molecule has 1 N–H and O–H groups in total. The minimum absolute atomic E-state index is 0.263. The number of nitriles is 1. The second-order valence-corrected chi connectivity index (χ2v) is 5.32. The van der Waals surface area contributed by atoms with Gasteiger partial charge in [0, 0.05) is 23.7 Å². The van der Waals surface area contributed by atoms with E-state index in [-0.39, 0.29) is 6.04 Å². The molecule has 0 aliphatic carbocycles. The van der Waals surface area contributed by atoms with Gasteiger partial charge < -0.3 is 5.32 Å². The molecule has 0 amide bonds. The maximum Gasteiger partial charge on any atom is 0.194 e. The molecule has 2 rings (SSSR count). The molecule has 18 heavy (non-hydrogen) atoms. The monoisotopic (exact) mass is 262 g/mol. The molecule has 1 atom stereocenters. The summed E-state index contributed by atoms with van der Waals surface area (Å²) in [4.78, 5) is 5.61. The molecular formula is C13H18N4S. The highest BCUT2D eigenvalue weighted by molar-refractivity contribution is 7.15. The number of hydrogen-bond donors (Lipinski definition) is 1. The van der Waals surface area contributed by atoms with Gasteiger partial charge in [-0.15, -0.1) is 11.3 Å². The molecule has 2 aromatic heterocycles. The molecule has 2 aromatic rings. The third kappa shape index (κ3) is 2.40. The summed E-state index contributed by atoms with van der Waals surface area (Å²) >= 11 is 1.67. The zero-order chi connectivity index (χ0) is 13.1. The van der Waals surface area contributed by atoms with Crippen molar-refractivity contribution in [2.45, 2.75) is 46.2 Å². The maximum atomic E-state index is 8.76. The number of hydrogen-bond acceptors (Lipinski definition) is 4. The molecule has 0 aromatic carbocycles. The minimum Gasteiger partial charge on any atom is -0.307 e. The first kappa shape index (κ1) is 13.1. The summed E-state index contributed by atoms with van der Waals surface area (Å²) in [7, 11) is 0. The smallest absolute Gasteiger partial charge is 0.194 e. The largest absolute Gasteiger partial charge is 0.307 e. The number of imidazole rings is 1. The molecule has 0 fully saturated rings. The van der Waals surface area contributed by atoms with Crippen LogP contribution in [0.25, 0.3) is 4.96 Å². The lowest BCUT2D eigenvalue weighted by Gasteiger charge is -2.13. The first-order chi connectivity index (χ1) is 8.67. The van der Waals surface area contributed by atoms with Crippen LogP contribution in [0.5, 0.6) is 0 Å². The van der Waals surface area contributed by atoms with E-state index in [1.165, 1.54) is 11.4 Å². The molecule has 0 aliphatic rings. The Labute approximate surface area is 111 Å². The van der Waals surface area contributed by atoms with Gasteiger partial charge in [0.15, 0.2) is 4.96 Å². The molecule has 5 heteroatoms. The molecule has 0 saturated heterocycles. The van der Waals surface area contributed by atoms with Gasteiger partial charge in [-0.05, 0) is 20.3 Å². The van der Waals surface area contributed by atoms with E-state index in [9.17, 15) is 0 Å². The molecule has 0 bridgehead atoms. The fraction of sp³-hybridized carbons (Fsp3) is 0.538. The van der Waals surface area contributed by atoms with E-state index in [1.807, 2.05) is 6.92 Å². The summed E-state index contributed by atoms with van der Waals surface area (Å²) in [6, 6.07) is 2.49. The van der Waals surface area contributed by atoms with Crippen molar-refractivity contribution in [2.24, 2.45) is 0 Å². The van der Waals surface area contributed by atoms with Crippen LogP contribution in [0.1, 0.15) is 36.8 Å². The van der Waals surface area contributed by atoms with Crippen LogP contribution in [-0.4, -0.2) is 15.4 Å². The summed E-state index contributed by atoms with van der Waals surface area (Å²) in [5.74, 6) is 0. The molecule has 1 unspecified atom stereocenters. The number of nitrogens with one attached hydrogen (secondary N) is 1. The summed E-state index contributed by atoms with van der Waals surface area (Å²) < 4.78 is 2.20. The highest BCUT2D eigenvalue weighted by atomic mass is 32.1. The number of nitrogens with zero attached hydrogens (tertiary/aromatic N) is 3. The van der Waals surface area contributed by atoms with E-state index in [0.717, 1.165) is 23.6 Å². The second kappa shape index (κ2) is 5.51. The van der Waals surface area contributed by atoms with Crippen LogP contribution in [0.3, 0.4) is 0 Å². The van der Waals surface area contributed by atoms with Gasteiger partial charge in [0.1, 0.15) is 0 Å². The van der Waals surface area contributed by atoms with Gasteiger partial charge in [-0.3, -0.25) is 4.40 Å². The Bertz CT molecular complexity index is 576. The van der Waals surface area contributed by atoms with Crippen molar-refractivity contribution >= 4 is 16.3 Å². The predicted octanol–water partition coefficient (Wildman–Crippen LogP) is 2.79. The highest BCUT2D eigenvalue weighted by Crippen LogP contribution is 2.20. The third-order valence-electron chi connectivity index (χ3n) is 3.22. The molecule has 0 spiro atoms. The second-order valence-electron chi connectivity index (χ2n) is 4.49. The van der Waals surface area contributed by atoms with Gasteiger partial charge in [-0.25, -0.2) is 4.98 Å². The summed E-state index contributed by atoms with van der Waals surface area (Å²) in [6.45, 7) is 7.01. The Kier molecular flexibility index (Phi) is 4.00. The SMILES string of the molecule is CCC(CC#N)NCc1c(C)nc2scc(C)n12. The molecule has 4 nitrogen and oxygen atoms in total. The molecular weight excluding hydrogens is 244 g/mol. The van der Waals surface area contributed by atoms with Crippen molar-refractivity contribution in [3.05, 3.63) is 22.5 Å². The first-order valence-corrected chi connectivity index (χ1v) is 7.07. The van der Waals surface area contributed by atoms with Crippen LogP contribution in [0, 0.1) is 25.2 Å². The predicted molar refractivity (Wildman–Crippen MR) is 73.7 cm³/mol. The van der Waals surface area contributed by atoms with Crippen LogP contribution in [0.2, 0.25) is 0 Å². The Morgan fingerprint density at radius 3 is 3.00 bits per heavy atom. The minimum atomic E-state index is 0.263. The van der Waals surface area contributed by atoms with Gasteiger partial charge in [-0.1, -0.05) is 6.92 Å². The Balaban J connectivity index is 2.18. The van der Waals surface area contributed by atoms with Crippen molar-refractivity contribution in [3.8, 4) is 6.07 Å². The maximum absolute atomic E-state index is 8.76. The topological polar surface area (TPSA) is 53.1 Å². The summed E-state index contributed by atoms with van der Waals surface area (Å²) in [6.07, 6.45) is 1.53. The van der Waals surface area contributed by atoms with Gasteiger partial charge >= 0.3 is 0 Å². The molecule has 0 aliphatic heterocycles. The number of fused-ring (bicyclic) bond motifs is 1. The molecule has 2 heterocycles. The fourth-order valence-electron chi connectivity index (χ4n) is 2.09. The Morgan fingerprint density at radius 1 is 1.56 bits per heavy atom. The first-order valence-electron chi connectivity index (χ1n) is 6.19. The van der Waals surface area contributed by atoms with E-state index in [1.54, 1.807) is 11.3 Å². The van der Waals surface area contributed by atoms with Crippen molar-refractivity contribution in [3.63, 3.8) is 0 Å². The zero-order valence-corrected chi connectivity index (χ0v) is 11.8. The quantitative estimate of drug-likeness (QED) is 0.901. The van der Waals surface area contributed by atoms with E-state index < -0.39 is 0 Å². The number of aromatic nitrogens is 2. The average Bonchev–Trinajstić information content (AvgIpc) is 2.85. The van der Waals surface area contributed by atoms with E-state index >= 15 is 0 Å². The summed E-state index contributed by atoms with van der Waals surface area (Å²) in [5.41, 5.74) is 3.50. The third-order valence-corrected chi connectivity index (χ3v) is 4.16. The molecule has 0 radical (unpaired) electrons. The van der Waals surface area contributed by atoms with E-state index in [0.29, 0.717) is 6.42 Å². The van der Waals surface area contributed by atoms with Crippen molar-refractivity contribution in [2.75, 3.05) is 0 Å². The average molecular weight is 262 g/mol. The number of rotatable bonds is 5. The lowest BCUT2D eigenvalue weighted by molar-refractivity contribution is 0.498. The lowest BCUT2D eigenvalue weighted by atomic mass is 10.1. The van der Waals surface area contributed by atoms with Crippen LogP contribution in [-0.2, 0) is 6.54 Å². The van der Waals surface area contributed by atoms with Crippen LogP contribution < -0.4 is 5.32 Å². The van der Waals surface area contributed by atoms with Gasteiger partial charge in [0.25, 0.3) is 0 Å². The normalized spacial score (nSPS) is 12.8. The van der Waals surface area contributed by atoms with Crippen molar-refractivity contribution < 1.29 is 0 Å². The number of thiazole rings is 1. The zero-order valence-electron chi connectivity index (χ0n) is 11.0. The van der Waals surface area contributed by atoms with Gasteiger partial charge in [-0.2, -0.15) is 5.26 Å². The molecule has 0 saturated carbocycles. The lowest BCUT2D eigenvalue weighted by Crippen LogP contribution is -2.28. The van der Waals surface area contributed by atoms with Crippen LogP contribution >= 0.6 is 11.3 Å². The van der Waals surface area contributed by atoms with Gasteiger partial charge in [0.05, 0.1) is 23.9 Å². The number of aryl methyl sites for hydroxylation is 2. The van der Waals surface area contributed by atoms with E-state index in [4.69, 9.17) is 5.26 Å². The Morgan fingerprint density at radius 2 is 2.33 bits per heavy atom. The standard InChI is InChI=1S/C13H18N4S/c1-4-11(5-6-14)15-7-12-10(3)16-13-17(12)9(2)8-18-13/h8,11,15H,4-5,7H2,1-3H3. The van der Waals surface area contributed by atoms with Crippen molar-refractivity contribution in [1.82, 2.24) is 14.7 Å². The fourth-order valence-corrected chi connectivity index (χ4v) is 3.02. The van der Waals surface area contributed by atoms with Gasteiger partial charge in [0.2, 0.25) is 0 Å². The van der Waals surface area contributed by atoms with Crippen LogP contribution in [0.15, 0.2) is 5.38 Å². The van der Waals surface area contributed by atoms with Crippen molar-refractivity contribution in [1.29, 1.82) is 5.26 Å².